The van der Waals surface area contributed by atoms with E-state index >= 15 is 0 Å². The highest BCUT2D eigenvalue weighted by Crippen LogP contribution is 2.33. The summed E-state index contributed by atoms with van der Waals surface area (Å²) in [6, 6.07) is 0.457. The van der Waals surface area contributed by atoms with Gasteiger partial charge in [-0.25, -0.2) is 0 Å². The molecule has 1 saturated carbocycles. The van der Waals surface area contributed by atoms with Gasteiger partial charge >= 0.3 is 0 Å². The molecule has 3 heteroatoms. The lowest BCUT2D eigenvalue weighted by molar-refractivity contribution is 0.245. The van der Waals surface area contributed by atoms with Gasteiger partial charge in [-0.05, 0) is 44.1 Å². The average Bonchev–Trinajstić information content (AvgIpc) is 2.33. The van der Waals surface area contributed by atoms with E-state index in [1.807, 2.05) is 0 Å². The summed E-state index contributed by atoms with van der Waals surface area (Å²) in [6.45, 7) is 12.2. The Morgan fingerprint density at radius 1 is 1.28 bits per heavy atom. The summed E-state index contributed by atoms with van der Waals surface area (Å²) in [5.74, 6) is 1.34. The largest absolute Gasteiger partial charge is 0.313 e. The first-order valence-electron chi connectivity index (χ1n) is 7.63. The van der Waals surface area contributed by atoms with E-state index in [1.165, 1.54) is 12.8 Å². The molecule has 6 atom stereocenters. The SMILES string of the molecule is CCCNC1CC(C)CC(C)C1S(=O)C(C)CC. The van der Waals surface area contributed by atoms with Crippen molar-refractivity contribution in [3.63, 3.8) is 0 Å². The summed E-state index contributed by atoms with van der Waals surface area (Å²) >= 11 is 0. The van der Waals surface area contributed by atoms with Gasteiger partial charge in [0.15, 0.2) is 0 Å². The predicted octanol–water partition coefficient (Wildman–Crippen LogP) is 3.34. The molecule has 0 aromatic rings. The summed E-state index contributed by atoms with van der Waals surface area (Å²) in [4.78, 5) is 0. The Morgan fingerprint density at radius 2 is 1.94 bits per heavy atom. The lowest BCUT2D eigenvalue weighted by atomic mass is 9.80. The van der Waals surface area contributed by atoms with Gasteiger partial charge in [-0.3, -0.25) is 4.21 Å². The topological polar surface area (TPSA) is 29.1 Å². The molecule has 0 aromatic heterocycles. The molecule has 108 valence electrons. The molecule has 1 rings (SSSR count). The maximum absolute atomic E-state index is 12.7. The first kappa shape index (κ1) is 16.2. The van der Waals surface area contributed by atoms with E-state index < -0.39 is 10.8 Å². The van der Waals surface area contributed by atoms with Gasteiger partial charge < -0.3 is 5.32 Å². The van der Waals surface area contributed by atoms with Crippen LogP contribution in [0.1, 0.15) is 60.3 Å². The maximum Gasteiger partial charge on any atom is 0.0529 e. The first-order chi connectivity index (χ1) is 8.51. The van der Waals surface area contributed by atoms with Crippen molar-refractivity contribution in [2.75, 3.05) is 6.54 Å². The standard InChI is InChI=1S/C15H31NOS/c1-6-8-16-14-10-11(3)9-12(4)15(14)18(17)13(5)7-2/h11-16H,6-10H2,1-5H3. The summed E-state index contributed by atoms with van der Waals surface area (Å²) in [5, 5.41) is 4.33. The fourth-order valence-electron chi connectivity index (χ4n) is 3.18. The molecular weight excluding hydrogens is 242 g/mol. The molecule has 1 fully saturated rings. The quantitative estimate of drug-likeness (QED) is 0.804. The van der Waals surface area contributed by atoms with Crippen molar-refractivity contribution in [1.82, 2.24) is 5.32 Å². The number of nitrogens with one attached hydrogen (secondary N) is 1. The highest BCUT2D eigenvalue weighted by atomic mass is 32.2. The van der Waals surface area contributed by atoms with E-state index in [0.29, 0.717) is 22.5 Å². The normalized spacial score (nSPS) is 36.3. The third-order valence-electron chi connectivity index (χ3n) is 4.28. The van der Waals surface area contributed by atoms with E-state index in [4.69, 9.17) is 0 Å². The van der Waals surface area contributed by atoms with Gasteiger partial charge in [-0.1, -0.05) is 34.6 Å². The van der Waals surface area contributed by atoms with Gasteiger partial charge in [0.1, 0.15) is 0 Å². The van der Waals surface area contributed by atoms with Gasteiger partial charge in [0.25, 0.3) is 0 Å². The second-order valence-electron chi connectivity index (χ2n) is 6.13. The predicted molar refractivity (Wildman–Crippen MR) is 81.3 cm³/mol. The third kappa shape index (κ3) is 4.06. The fraction of sp³-hybridized carbons (Fsp3) is 1.00. The molecule has 0 amide bonds. The van der Waals surface area contributed by atoms with Crippen LogP contribution >= 0.6 is 0 Å². The Hall–Kier alpha value is 0.110. The van der Waals surface area contributed by atoms with E-state index in [0.717, 1.165) is 25.3 Å². The van der Waals surface area contributed by atoms with Crippen molar-refractivity contribution >= 4 is 10.8 Å². The summed E-state index contributed by atoms with van der Waals surface area (Å²) in [5.41, 5.74) is 0. The van der Waals surface area contributed by atoms with Crippen molar-refractivity contribution in [1.29, 1.82) is 0 Å². The summed E-state index contributed by atoms with van der Waals surface area (Å²) < 4.78 is 12.7. The first-order valence-corrected chi connectivity index (χ1v) is 8.91. The Labute approximate surface area is 116 Å². The van der Waals surface area contributed by atoms with Crippen LogP contribution in [0.3, 0.4) is 0 Å². The molecule has 1 N–H and O–H groups in total. The van der Waals surface area contributed by atoms with Crippen LogP contribution in [0.15, 0.2) is 0 Å². The molecule has 0 radical (unpaired) electrons. The van der Waals surface area contributed by atoms with Gasteiger partial charge in [-0.2, -0.15) is 0 Å². The fourth-order valence-corrected chi connectivity index (χ4v) is 5.15. The minimum Gasteiger partial charge on any atom is -0.313 e. The molecule has 0 aliphatic heterocycles. The van der Waals surface area contributed by atoms with Crippen LogP contribution in [0.25, 0.3) is 0 Å². The minimum absolute atomic E-state index is 0.330. The highest BCUT2D eigenvalue weighted by Gasteiger charge is 2.38. The Bertz CT molecular complexity index is 269. The number of hydrogen-bond acceptors (Lipinski definition) is 2. The lowest BCUT2D eigenvalue weighted by Crippen LogP contribution is -2.51. The monoisotopic (exact) mass is 273 g/mol. The minimum atomic E-state index is -0.692. The van der Waals surface area contributed by atoms with Gasteiger partial charge in [-0.15, -0.1) is 0 Å². The van der Waals surface area contributed by atoms with Crippen LogP contribution in [0.5, 0.6) is 0 Å². The van der Waals surface area contributed by atoms with E-state index in [1.54, 1.807) is 0 Å². The zero-order valence-corrected chi connectivity index (χ0v) is 13.6. The molecule has 0 saturated heterocycles. The van der Waals surface area contributed by atoms with Crippen molar-refractivity contribution in [3.8, 4) is 0 Å². The Morgan fingerprint density at radius 3 is 2.50 bits per heavy atom. The molecule has 0 spiro atoms. The zero-order valence-electron chi connectivity index (χ0n) is 12.7. The highest BCUT2D eigenvalue weighted by molar-refractivity contribution is 7.86. The summed E-state index contributed by atoms with van der Waals surface area (Å²) in [6.07, 6.45) is 4.60. The molecule has 6 unspecified atom stereocenters. The van der Waals surface area contributed by atoms with Crippen LogP contribution in [0, 0.1) is 11.8 Å². The van der Waals surface area contributed by atoms with Crippen molar-refractivity contribution < 1.29 is 4.21 Å². The number of hydrogen-bond donors (Lipinski definition) is 1. The summed E-state index contributed by atoms with van der Waals surface area (Å²) in [7, 11) is -0.692. The van der Waals surface area contributed by atoms with E-state index in [-0.39, 0.29) is 0 Å². The smallest absolute Gasteiger partial charge is 0.0529 e. The maximum atomic E-state index is 12.7. The van der Waals surface area contributed by atoms with Crippen LogP contribution in [0.4, 0.5) is 0 Å². The molecule has 0 aromatic carbocycles. The van der Waals surface area contributed by atoms with E-state index in [2.05, 4.69) is 39.9 Å². The molecule has 0 bridgehead atoms. The van der Waals surface area contributed by atoms with Gasteiger partial charge in [0, 0.05) is 22.1 Å². The van der Waals surface area contributed by atoms with Crippen LogP contribution in [-0.4, -0.2) is 27.3 Å². The number of rotatable bonds is 6. The third-order valence-corrected chi connectivity index (χ3v) is 6.74. The molecule has 0 heterocycles. The zero-order chi connectivity index (χ0) is 13.7. The van der Waals surface area contributed by atoms with Gasteiger partial charge in [0.2, 0.25) is 0 Å². The Balaban J connectivity index is 2.76. The molecular formula is C15H31NOS. The second kappa shape index (κ2) is 7.64. The van der Waals surface area contributed by atoms with Crippen molar-refractivity contribution in [2.45, 2.75) is 76.8 Å². The van der Waals surface area contributed by atoms with Crippen LogP contribution < -0.4 is 5.32 Å². The van der Waals surface area contributed by atoms with Crippen LogP contribution in [-0.2, 0) is 10.8 Å². The molecule has 1 aliphatic rings. The second-order valence-corrected chi connectivity index (χ2v) is 8.13. The average molecular weight is 273 g/mol. The lowest BCUT2D eigenvalue weighted by Gasteiger charge is -2.40. The molecule has 18 heavy (non-hydrogen) atoms. The van der Waals surface area contributed by atoms with E-state index in [9.17, 15) is 4.21 Å². The van der Waals surface area contributed by atoms with Gasteiger partial charge in [0.05, 0.1) is 5.25 Å². The molecule has 2 nitrogen and oxygen atoms in total. The van der Waals surface area contributed by atoms with Crippen molar-refractivity contribution in [3.05, 3.63) is 0 Å². The molecule has 1 aliphatic carbocycles. The van der Waals surface area contributed by atoms with Crippen LogP contribution in [0.2, 0.25) is 0 Å². The van der Waals surface area contributed by atoms with Crippen molar-refractivity contribution in [2.24, 2.45) is 11.8 Å². The Kier molecular flexibility index (Phi) is 6.86.